The van der Waals surface area contributed by atoms with E-state index in [9.17, 15) is 0 Å². The van der Waals surface area contributed by atoms with Gasteiger partial charge >= 0.3 is 0 Å². The standard InChI is InChI=1S/C17H21N5OS/c1-16(2,3)17(18)20-9-14(22-11-19-10-21-22)15(24-17)12-5-7-13(23-4)8-6-12/h5-11H,18H2,1-4H3. The van der Waals surface area contributed by atoms with E-state index >= 15 is 0 Å². The maximum absolute atomic E-state index is 6.60. The van der Waals surface area contributed by atoms with E-state index in [1.54, 1.807) is 36.1 Å². The number of thioether (sulfide) groups is 1. The van der Waals surface area contributed by atoms with Crippen molar-refractivity contribution < 1.29 is 4.74 Å². The molecule has 0 spiro atoms. The van der Waals surface area contributed by atoms with Crippen LogP contribution in [0.15, 0.2) is 41.9 Å². The maximum Gasteiger partial charge on any atom is 0.164 e. The maximum atomic E-state index is 6.60. The minimum atomic E-state index is -0.758. The van der Waals surface area contributed by atoms with Crippen molar-refractivity contribution >= 4 is 28.6 Å². The minimum Gasteiger partial charge on any atom is -0.497 e. The van der Waals surface area contributed by atoms with Crippen LogP contribution >= 0.6 is 11.8 Å². The summed E-state index contributed by atoms with van der Waals surface area (Å²) in [6.45, 7) is 6.26. The zero-order chi connectivity index (χ0) is 17.4. The SMILES string of the molecule is COc1ccc(C2=C(n3cncn3)C=NC(N)(C(C)(C)C)S2)cc1. The Bertz CT molecular complexity index is 774. The number of hydrogen-bond donors (Lipinski definition) is 1. The number of aliphatic imine (C=N–C) groups is 1. The lowest BCUT2D eigenvalue weighted by molar-refractivity contribution is 0.297. The molecule has 0 radical (unpaired) electrons. The molecule has 1 aromatic carbocycles. The van der Waals surface area contributed by atoms with Crippen LogP contribution in [0.25, 0.3) is 10.6 Å². The predicted octanol–water partition coefficient (Wildman–Crippen LogP) is 3.09. The summed E-state index contributed by atoms with van der Waals surface area (Å²) in [7, 11) is 1.65. The van der Waals surface area contributed by atoms with Crippen molar-refractivity contribution in [1.82, 2.24) is 14.8 Å². The van der Waals surface area contributed by atoms with Crippen molar-refractivity contribution in [2.75, 3.05) is 7.11 Å². The summed E-state index contributed by atoms with van der Waals surface area (Å²) in [5, 5.41) is 4.24. The largest absolute Gasteiger partial charge is 0.497 e. The molecule has 0 amide bonds. The Morgan fingerprint density at radius 3 is 2.46 bits per heavy atom. The predicted molar refractivity (Wildman–Crippen MR) is 98.6 cm³/mol. The topological polar surface area (TPSA) is 78.3 Å². The van der Waals surface area contributed by atoms with Gasteiger partial charge in [0, 0.05) is 10.3 Å². The summed E-state index contributed by atoms with van der Waals surface area (Å²) < 4.78 is 6.96. The van der Waals surface area contributed by atoms with Crippen LogP contribution in [0.4, 0.5) is 0 Å². The fraction of sp³-hybridized carbons (Fsp3) is 0.353. The highest BCUT2D eigenvalue weighted by Crippen LogP contribution is 2.49. The van der Waals surface area contributed by atoms with Crippen molar-refractivity contribution in [2.45, 2.75) is 25.8 Å². The Labute approximate surface area is 145 Å². The van der Waals surface area contributed by atoms with Crippen molar-refractivity contribution in [2.24, 2.45) is 16.1 Å². The zero-order valence-electron chi connectivity index (χ0n) is 14.2. The molecule has 0 saturated carbocycles. The Kier molecular flexibility index (Phi) is 4.23. The number of methoxy groups -OCH3 is 1. The summed E-state index contributed by atoms with van der Waals surface area (Å²) in [6.07, 6.45) is 4.95. The van der Waals surface area contributed by atoms with E-state index in [2.05, 4.69) is 35.8 Å². The molecule has 1 unspecified atom stereocenters. The molecule has 0 fully saturated rings. The molecular formula is C17H21N5OS. The van der Waals surface area contributed by atoms with Crippen LogP contribution in [0.2, 0.25) is 0 Å². The molecule has 2 heterocycles. The highest BCUT2D eigenvalue weighted by Gasteiger charge is 2.42. The van der Waals surface area contributed by atoms with Crippen LogP contribution in [0.3, 0.4) is 0 Å². The van der Waals surface area contributed by atoms with Crippen molar-refractivity contribution in [3.8, 4) is 5.75 Å². The van der Waals surface area contributed by atoms with E-state index in [0.717, 1.165) is 21.9 Å². The number of nitrogens with zero attached hydrogens (tertiary/aromatic N) is 4. The average Bonchev–Trinajstić information content (AvgIpc) is 3.08. The van der Waals surface area contributed by atoms with Gasteiger partial charge in [-0.2, -0.15) is 5.10 Å². The number of aromatic nitrogens is 3. The van der Waals surface area contributed by atoms with Crippen LogP contribution in [-0.4, -0.2) is 33.1 Å². The Morgan fingerprint density at radius 1 is 1.21 bits per heavy atom. The van der Waals surface area contributed by atoms with E-state index in [1.165, 1.54) is 6.33 Å². The van der Waals surface area contributed by atoms with Gasteiger partial charge in [0.15, 0.2) is 4.99 Å². The third-order valence-corrected chi connectivity index (χ3v) is 5.64. The van der Waals surface area contributed by atoms with Gasteiger partial charge in [-0.1, -0.05) is 44.7 Å². The van der Waals surface area contributed by atoms with Gasteiger partial charge in [-0.05, 0) is 17.7 Å². The lowest BCUT2D eigenvalue weighted by Gasteiger charge is -2.40. The Hall–Kier alpha value is -2.12. The van der Waals surface area contributed by atoms with Crippen LogP contribution in [0.5, 0.6) is 5.75 Å². The molecule has 1 aliphatic heterocycles. The summed E-state index contributed by atoms with van der Waals surface area (Å²) in [5.74, 6) is 0.811. The van der Waals surface area contributed by atoms with Crippen LogP contribution in [-0.2, 0) is 0 Å². The Balaban J connectivity index is 2.11. The summed E-state index contributed by atoms with van der Waals surface area (Å²) in [6, 6.07) is 7.90. The molecule has 24 heavy (non-hydrogen) atoms. The monoisotopic (exact) mass is 343 g/mol. The van der Waals surface area contributed by atoms with E-state index < -0.39 is 4.99 Å². The Morgan fingerprint density at radius 2 is 1.92 bits per heavy atom. The van der Waals surface area contributed by atoms with Crippen molar-refractivity contribution in [3.63, 3.8) is 0 Å². The number of hydrogen-bond acceptors (Lipinski definition) is 6. The fourth-order valence-corrected chi connectivity index (χ4v) is 3.47. The summed E-state index contributed by atoms with van der Waals surface area (Å²) in [4.78, 5) is 8.91. The number of allylic oxidation sites excluding steroid dienone is 1. The van der Waals surface area contributed by atoms with Gasteiger partial charge in [-0.3, -0.25) is 10.7 Å². The van der Waals surface area contributed by atoms with Crippen molar-refractivity contribution in [3.05, 3.63) is 42.5 Å². The second-order valence-corrected chi connectivity index (χ2v) is 7.82. The number of ether oxygens (including phenoxy) is 1. The first-order valence-electron chi connectivity index (χ1n) is 7.61. The molecule has 1 atom stereocenters. The lowest BCUT2D eigenvalue weighted by Crippen LogP contribution is -2.47. The van der Waals surface area contributed by atoms with E-state index in [-0.39, 0.29) is 5.41 Å². The van der Waals surface area contributed by atoms with Gasteiger partial charge in [0.1, 0.15) is 18.4 Å². The van der Waals surface area contributed by atoms with Gasteiger partial charge in [0.05, 0.1) is 19.0 Å². The smallest absolute Gasteiger partial charge is 0.164 e. The molecule has 2 aromatic rings. The highest BCUT2D eigenvalue weighted by atomic mass is 32.2. The second-order valence-electron chi connectivity index (χ2n) is 6.59. The van der Waals surface area contributed by atoms with Crippen LogP contribution < -0.4 is 10.5 Å². The van der Waals surface area contributed by atoms with Gasteiger partial charge in [0.25, 0.3) is 0 Å². The van der Waals surface area contributed by atoms with Crippen LogP contribution in [0.1, 0.15) is 26.3 Å². The van der Waals surface area contributed by atoms with Crippen molar-refractivity contribution in [1.29, 1.82) is 0 Å². The molecule has 7 heteroatoms. The first-order chi connectivity index (χ1) is 11.3. The highest BCUT2D eigenvalue weighted by molar-refractivity contribution is 8.09. The molecule has 1 aromatic heterocycles. The fourth-order valence-electron chi connectivity index (χ4n) is 2.24. The van der Waals surface area contributed by atoms with E-state index in [4.69, 9.17) is 10.5 Å². The number of nitrogens with two attached hydrogens (primary N) is 1. The second kappa shape index (κ2) is 6.07. The van der Waals surface area contributed by atoms with E-state index in [0.29, 0.717) is 0 Å². The molecule has 126 valence electrons. The first-order valence-corrected chi connectivity index (χ1v) is 8.42. The molecule has 0 aliphatic carbocycles. The number of benzene rings is 1. The molecule has 1 aliphatic rings. The number of rotatable bonds is 3. The quantitative estimate of drug-likeness (QED) is 0.926. The van der Waals surface area contributed by atoms with Gasteiger partial charge < -0.3 is 4.74 Å². The molecule has 0 saturated heterocycles. The normalized spacial score (nSPS) is 21.2. The van der Waals surface area contributed by atoms with Gasteiger partial charge in [-0.15, -0.1) is 0 Å². The van der Waals surface area contributed by atoms with Gasteiger partial charge in [-0.25, -0.2) is 9.67 Å². The first kappa shape index (κ1) is 16.7. The third kappa shape index (κ3) is 2.97. The summed E-state index contributed by atoms with van der Waals surface area (Å²) in [5.41, 5.74) is 8.28. The third-order valence-electron chi connectivity index (χ3n) is 3.96. The lowest BCUT2D eigenvalue weighted by atomic mass is 9.92. The molecule has 3 rings (SSSR count). The van der Waals surface area contributed by atoms with Gasteiger partial charge in [0.2, 0.25) is 0 Å². The molecule has 6 nitrogen and oxygen atoms in total. The van der Waals surface area contributed by atoms with Crippen LogP contribution in [0, 0.1) is 5.41 Å². The summed E-state index contributed by atoms with van der Waals surface area (Å²) >= 11 is 1.54. The average molecular weight is 343 g/mol. The molecule has 2 N–H and O–H groups in total. The minimum absolute atomic E-state index is 0.209. The molecular weight excluding hydrogens is 322 g/mol. The zero-order valence-corrected chi connectivity index (χ0v) is 15.0. The molecule has 0 bridgehead atoms. The van der Waals surface area contributed by atoms with E-state index in [1.807, 2.05) is 24.3 Å².